The molecule has 2 aromatic carbocycles. The van der Waals surface area contributed by atoms with Gasteiger partial charge in [-0.25, -0.2) is 4.79 Å². The number of nitrogens with zero attached hydrogens (tertiary/aromatic N) is 1. The van der Waals surface area contributed by atoms with Gasteiger partial charge in [-0.1, -0.05) is 35.9 Å². The molecule has 0 fully saturated rings. The second kappa shape index (κ2) is 9.64. The maximum absolute atomic E-state index is 12.8. The summed E-state index contributed by atoms with van der Waals surface area (Å²) in [4.78, 5) is 38.6. The summed E-state index contributed by atoms with van der Waals surface area (Å²) in [5.41, 5.74) is 2.48. The quantitative estimate of drug-likeness (QED) is 0.534. The molecule has 1 aliphatic rings. The smallest absolute Gasteiger partial charge is 0.355 e. The fourth-order valence-corrected chi connectivity index (χ4v) is 4.02. The Bertz CT molecular complexity index is 1270. The van der Waals surface area contributed by atoms with Gasteiger partial charge in [0, 0.05) is 24.5 Å². The lowest BCUT2D eigenvalue weighted by molar-refractivity contribution is -0.138. The Hall–Kier alpha value is -3.36. The van der Waals surface area contributed by atoms with E-state index in [0.717, 1.165) is 12.0 Å². The van der Waals surface area contributed by atoms with E-state index < -0.39 is 24.2 Å². The Balaban J connectivity index is 1.37. The van der Waals surface area contributed by atoms with E-state index in [2.05, 4.69) is 5.32 Å². The van der Waals surface area contributed by atoms with Gasteiger partial charge in [-0.3, -0.25) is 9.59 Å². The zero-order valence-corrected chi connectivity index (χ0v) is 18.7. The van der Waals surface area contributed by atoms with Crippen LogP contribution >= 0.6 is 11.6 Å². The fourth-order valence-electron chi connectivity index (χ4n) is 3.88. The lowest BCUT2D eigenvalue weighted by Gasteiger charge is -2.31. The summed E-state index contributed by atoms with van der Waals surface area (Å²) in [5, 5.41) is 12.9. The van der Waals surface area contributed by atoms with Crippen LogP contribution in [0.1, 0.15) is 16.7 Å². The summed E-state index contributed by atoms with van der Waals surface area (Å²) in [7, 11) is 0. The van der Waals surface area contributed by atoms with Crippen molar-refractivity contribution in [1.82, 2.24) is 10.2 Å². The lowest BCUT2D eigenvalue weighted by atomic mass is 9.99. The first-order chi connectivity index (χ1) is 15.9. The zero-order valence-electron chi connectivity index (χ0n) is 18.0. The highest BCUT2D eigenvalue weighted by atomic mass is 35.5. The number of carbonyl (C=O) groups is 2. The van der Waals surface area contributed by atoms with Crippen molar-refractivity contribution in [2.45, 2.75) is 25.9 Å². The molecule has 1 unspecified atom stereocenters. The summed E-state index contributed by atoms with van der Waals surface area (Å²) in [5.74, 6) is -0.601. The van der Waals surface area contributed by atoms with Crippen LogP contribution in [0.2, 0.25) is 5.02 Å². The zero-order chi connectivity index (χ0) is 23.5. The number of aliphatic hydroxyl groups is 1. The number of nitrogens with one attached hydrogen (secondary N) is 1. The van der Waals surface area contributed by atoms with Gasteiger partial charge in [0.05, 0.1) is 6.61 Å². The molecule has 172 valence electrons. The highest BCUT2D eigenvalue weighted by molar-refractivity contribution is 6.31. The Kier molecular flexibility index (Phi) is 6.67. The molecule has 0 saturated carbocycles. The van der Waals surface area contributed by atoms with Crippen molar-refractivity contribution in [2.75, 3.05) is 19.8 Å². The monoisotopic (exact) mass is 470 g/mol. The number of hydrogen-bond donors (Lipinski definition) is 2. The maximum Gasteiger partial charge on any atom is 0.355 e. The lowest BCUT2D eigenvalue weighted by Crippen LogP contribution is -2.52. The Labute approximate surface area is 194 Å². The van der Waals surface area contributed by atoms with E-state index >= 15 is 0 Å². The van der Waals surface area contributed by atoms with Crippen molar-refractivity contribution in [3.63, 3.8) is 0 Å². The topological polar surface area (TPSA) is 109 Å². The molecule has 0 spiro atoms. The van der Waals surface area contributed by atoms with E-state index in [-0.39, 0.29) is 23.1 Å². The number of aliphatic hydroxyl groups excluding tert-OH is 1. The molecule has 0 saturated heterocycles. The van der Waals surface area contributed by atoms with E-state index in [1.165, 1.54) is 11.6 Å². The molecule has 2 amide bonds. The normalized spacial score (nSPS) is 14.0. The second-order valence-corrected chi connectivity index (χ2v) is 8.23. The fraction of sp³-hybridized carbons (Fsp3) is 0.292. The molecule has 8 nitrogen and oxygen atoms in total. The predicted octanol–water partition coefficient (Wildman–Crippen LogP) is 2.20. The van der Waals surface area contributed by atoms with E-state index in [4.69, 9.17) is 20.8 Å². The van der Waals surface area contributed by atoms with Crippen LogP contribution in [0.15, 0.2) is 51.7 Å². The number of amides is 2. The molecule has 2 N–H and O–H groups in total. The summed E-state index contributed by atoms with van der Waals surface area (Å²) < 4.78 is 10.7. The maximum atomic E-state index is 12.8. The van der Waals surface area contributed by atoms with Crippen LogP contribution in [-0.4, -0.2) is 47.6 Å². The second-order valence-electron chi connectivity index (χ2n) is 7.86. The molecular formula is C24H23ClN2O6. The molecule has 33 heavy (non-hydrogen) atoms. The van der Waals surface area contributed by atoms with Crippen molar-refractivity contribution in [3.05, 3.63) is 74.6 Å². The Morgan fingerprint density at radius 1 is 1.24 bits per heavy atom. The first-order valence-electron chi connectivity index (χ1n) is 10.5. The van der Waals surface area contributed by atoms with Gasteiger partial charge in [0.25, 0.3) is 5.91 Å². The minimum absolute atomic E-state index is 0.0208. The van der Waals surface area contributed by atoms with Gasteiger partial charge < -0.3 is 24.5 Å². The van der Waals surface area contributed by atoms with Gasteiger partial charge in [-0.2, -0.15) is 0 Å². The van der Waals surface area contributed by atoms with Gasteiger partial charge in [0.15, 0.2) is 6.61 Å². The molecule has 0 radical (unpaired) electrons. The first-order valence-corrected chi connectivity index (χ1v) is 10.9. The van der Waals surface area contributed by atoms with E-state index in [9.17, 15) is 19.5 Å². The summed E-state index contributed by atoms with van der Waals surface area (Å²) in [6.07, 6.45) is 0.722. The van der Waals surface area contributed by atoms with Crippen LogP contribution in [0, 0.1) is 6.92 Å². The molecule has 0 bridgehead atoms. The van der Waals surface area contributed by atoms with Crippen molar-refractivity contribution in [3.8, 4) is 5.75 Å². The molecule has 1 atom stereocenters. The van der Waals surface area contributed by atoms with Crippen LogP contribution in [0.4, 0.5) is 0 Å². The summed E-state index contributed by atoms with van der Waals surface area (Å²) in [6.45, 7) is 1.76. The number of carbonyl (C=O) groups excluding carboxylic acids is 2. The average Bonchev–Trinajstić information content (AvgIpc) is 2.83. The highest BCUT2D eigenvalue weighted by Gasteiger charge is 2.28. The molecule has 1 aliphatic heterocycles. The Morgan fingerprint density at radius 3 is 2.76 bits per heavy atom. The van der Waals surface area contributed by atoms with Gasteiger partial charge in [0.1, 0.15) is 22.4 Å². The number of fused-ring (bicyclic) bond motifs is 2. The molecule has 9 heteroatoms. The van der Waals surface area contributed by atoms with Crippen LogP contribution in [0.25, 0.3) is 11.0 Å². The average molecular weight is 471 g/mol. The largest absolute Gasteiger partial charge is 0.484 e. The standard InChI is InChI=1S/C24H23ClN2O6/c1-14-18-7-6-17(10-20(18)33-24(31)22(14)25)32-13-21(29)26-19(12-28)23(30)27-9-8-15-4-2-3-5-16(15)11-27/h2-7,10,19,28H,8-9,11-13H2,1H3,(H,26,29). The summed E-state index contributed by atoms with van der Waals surface area (Å²) >= 11 is 5.93. The predicted molar refractivity (Wildman–Crippen MR) is 122 cm³/mol. The third-order valence-corrected chi connectivity index (χ3v) is 6.13. The number of hydrogen-bond acceptors (Lipinski definition) is 6. The molecular weight excluding hydrogens is 448 g/mol. The molecule has 3 aromatic rings. The molecule has 1 aromatic heterocycles. The first kappa shape index (κ1) is 22.8. The number of aryl methyl sites for hydroxylation is 1. The van der Waals surface area contributed by atoms with Crippen molar-refractivity contribution >= 4 is 34.4 Å². The van der Waals surface area contributed by atoms with Gasteiger partial charge >= 0.3 is 5.63 Å². The van der Waals surface area contributed by atoms with E-state index in [0.29, 0.717) is 29.8 Å². The van der Waals surface area contributed by atoms with Gasteiger partial charge in [-0.15, -0.1) is 0 Å². The Morgan fingerprint density at radius 2 is 2.00 bits per heavy atom. The number of halogens is 1. The van der Waals surface area contributed by atoms with Crippen LogP contribution < -0.4 is 15.7 Å². The molecule has 0 aliphatic carbocycles. The minimum Gasteiger partial charge on any atom is -0.484 e. The number of benzene rings is 2. The van der Waals surface area contributed by atoms with Crippen LogP contribution in [0.5, 0.6) is 5.75 Å². The van der Waals surface area contributed by atoms with Gasteiger partial charge in [-0.05, 0) is 42.2 Å². The third-order valence-electron chi connectivity index (χ3n) is 5.70. The van der Waals surface area contributed by atoms with Crippen molar-refractivity contribution < 1.29 is 23.8 Å². The molecule has 4 rings (SSSR count). The van der Waals surface area contributed by atoms with Crippen LogP contribution in [-0.2, 0) is 22.6 Å². The third kappa shape index (κ3) is 4.86. The van der Waals surface area contributed by atoms with E-state index in [1.54, 1.807) is 24.0 Å². The van der Waals surface area contributed by atoms with Crippen LogP contribution in [0.3, 0.4) is 0 Å². The van der Waals surface area contributed by atoms with Crippen molar-refractivity contribution in [1.29, 1.82) is 0 Å². The van der Waals surface area contributed by atoms with Gasteiger partial charge in [0.2, 0.25) is 5.91 Å². The van der Waals surface area contributed by atoms with Crippen molar-refractivity contribution in [2.24, 2.45) is 0 Å². The number of ether oxygens (including phenoxy) is 1. The SMILES string of the molecule is Cc1c(Cl)c(=O)oc2cc(OCC(=O)NC(CO)C(=O)N3CCc4ccccc4C3)ccc12. The minimum atomic E-state index is -1.06. The van der Waals surface area contributed by atoms with E-state index in [1.807, 2.05) is 24.3 Å². The molecule has 2 heterocycles. The number of rotatable bonds is 6. The highest BCUT2D eigenvalue weighted by Crippen LogP contribution is 2.26. The summed E-state index contributed by atoms with van der Waals surface area (Å²) in [6, 6.07) is 11.6.